The fourth-order valence-electron chi connectivity index (χ4n) is 3.49. The summed E-state index contributed by atoms with van der Waals surface area (Å²) in [4.78, 5) is 35.7. The van der Waals surface area contributed by atoms with Gasteiger partial charge in [-0.05, 0) is 43.5 Å². The second-order valence-electron chi connectivity index (χ2n) is 7.39. The van der Waals surface area contributed by atoms with E-state index in [9.17, 15) is 9.59 Å². The Bertz CT molecular complexity index is 1090. The van der Waals surface area contributed by atoms with Gasteiger partial charge in [0.1, 0.15) is 5.65 Å². The largest absolute Gasteiger partial charge is 0.369 e. The number of primary amides is 1. The highest BCUT2D eigenvalue weighted by Crippen LogP contribution is 2.22. The van der Waals surface area contributed by atoms with E-state index in [0.717, 1.165) is 42.8 Å². The van der Waals surface area contributed by atoms with Gasteiger partial charge >= 0.3 is 0 Å². The Labute approximate surface area is 174 Å². The summed E-state index contributed by atoms with van der Waals surface area (Å²) in [6.45, 7) is 4.04. The van der Waals surface area contributed by atoms with Gasteiger partial charge in [0.2, 0.25) is 5.91 Å². The van der Waals surface area contributed by atoms with Crippen LogP contribution in [0.2, 0.25) is 0 Å². The van der Waals surface area contributed by atoms with Crippen LogP contribution in [-0.4, -0.2) is 59.9 Å². The Kier molecular flexibility index (Phi) is 5.49. The molecule has 3 aromatic rings. The summed E-state index contributed by atoms with van der Waals surface area (Å²) in [5.41, 5.74) is 8.87. The summed E-state index contributed by atoms with van der Waals surface area (Å²) in [5, 5.41) is 3.67. The van der Waals surface area contributed by atoms with Gasteiger partial charge in [0, 0.05) is 60.7 Å². The number of likely N-dealkylation sites (N-methyl/N-ethyl adjacent to an activating group) is 1. The number of nitrogens with one attached hydrogen (secondary N) is 2. The first-order chi connectivity index (χ1) is 14.5. The van der Waals surface area contributed by atoms with Crippen LogP contribution in [0.25, 0.3) is 17.1 Å². The molecular formula is C22H24N6O2. The molecular weight excluding hydrogens is 380 g/mol. The third kappa shape index (κ3) is 4.33. The highest BCUT2D eigenvalue weighted by atomic mass is 16.2. The lowest BCUT2D eigenvalue weighted by Crippen LogP contribution is -2.44. The van der Waals surface area contributed by atoms with Crippen molar-refractivity contribution in [2.75, 3.05) is 43.4 Å². The highest BCUT2D eigenvalue weighted by molar-refractivity contribution is 6.05. The molecule has 1 aromatic carbocycles. The van der Waals surface area contributed by atoms with Crippen molar-refractivity contribution < 1.29 is 9.59 Å². The molecule has 2 amide bonds. The van der Waals surface area contributed by atoms with Gasteiger partial charge in [0.15, 0.2) is 0 Å². The maximum absolute atomic E-state index is 12.7. The van der Waals surface area contributed by atoms with Crippen LogP contribution >= 0.6 is 0 Å². The summed E-state index contributed by atoms with van der Waals surface area (Å²) in [5.74, 6) is -0.729. The van der Waals surface area contributed by atoms with E-state index in [1.54, 1.807) is 18.5 Å². The number of aromatic amines is 1. The van der Waals surface area contributed by atoms with Crippen LogP contribution in [0.5, 0.6) is 0 Å². The van der Waals surface area contributed by atoms with Crippen LogP contribution in [0.3, 0.4) is 0 Å². The molecule has 0 spiro atoms. The summed E-state index contributed by atoms with van der Waals surface area (Å²) in [7, 11) is 2.13. The van der Waals surface area contributed by atoms with E-state index < -0.39 is 5.91 Å². The summed E-state index contributed by atoms with van der Waals surface area (Å²) >= 11 is 0. The minimum Gasteiger partial charge on any atom is -0.369 e. The average molecular weight is 404 g/mol. The van der Waals surface area contributed by atoms with Gasteiger partial charge in [0.05, 0.1) is 11.9 Å². The Morgan fingerprint density at radius 2 is 1.90 bits per heavy atom. The van der Waals surface area contributed by atoms with Gasteiger partial charge in [-0.25, -0.2) is 4.98 Å². The Morgan fingerprint density at radius 3 is 2.60 bits per heavy atom. The molecule has 1 aliphatic rings. The van der Waals surface area contributed by atoms with E-state index >= 15 is 0 Å². The number of nitrogens with zero attached hydrogens (tertiary/aromatic N) is 3. The first-order valence-electron chi connectivity index (χ1n) is 9.79. The van der Waals surface area contributed by atoms with Crippen LogP contribution in [0.4, 0.5) is 11.4 Å². The lowest BCUT2D eigenvalue weighted by atomic mass is 10.1. The molecule has 8 nitrogen and oxygen atoms in total. The number of amides is 2. The van der Waals surface area contributed by atoms with E-state index in [4.69, 9.17) is 5.73 Å². The van der Waals surface area contributed by atoms with E-state index in [-0.39, 0.29) is 5.91 Å². The molecule has 0 radical (unpaired) electrons. The van der Waals surface area contributed by atoms with Crippen molar-refractivity contribution in [2.45, 2.75) is 0 Å². The van der Waals surface area contributed by atoms with Crippen molar-refractivity contribution in [3.8, 4) is 0 Å². The molecule has 4 N–H and O–H groups in total. The zero-order chi connectivity index (χ0) is 21.1. The minimum atomic E-state index is -0.526. The monoisotopic (exact) mass is 404 g/mol. The zero-order valence-corrected chi connectivity index (χ0v) is 16.8. The molecule has 1 aliphatic heterocycles. The number of piperazine rings is 1. The normalized spacial score (nSPS) is 15.0. The van der Waals surface area contributed by atoms with Gasteiger partial charge in [-0.3, -0.25) is 9.59 Å². The molecule has 0 unspecified atom stereocenters. The van der Waals surface area contributed by atoms with E-state index in [1.807, 2.05) is 30.3 Å². The molecule has 30 heavy (non-hydrogen) atoms. The van der Waals surface area contributed by atoms with Crippen LogP contribution in [-0.2, 0) is 4.79 Å². The summed E-state index contributed by atoms with van der Waals surface area (Å²) in [6.07, 6.45) is 6.23. The number of pyridine rings is 1. The smallest absolute Gasteiger partial charge is 0.255 e. The number of rotatable bonds is 5. The first-order valence-corrected chi connectivity index (χ1v) is 9.79. The van der Waals surface area contributed by atoms with Crippen molar-refractivity contribution in [2.24, 2.45) is 5.73 Å². The number of H-pyrrole nitrogens is 1. The number of carbonyl (C=O) groups excluding carboxylic acids is 2. The topological polar surface area (TPSA) is 107 Å². The minimum absolute atomic E-state index is 0.203. The van der Waals surface area contributed by atoms with Crippen molar-refractivity contribution in [1.82, 2.24) is 14.9 Å². The van der Waals surface area contributed by atoms with E-state index in [0.29, 0.717) is 16.9 Å². The van der Waals surface area contributed by atoms with Crippen molar-refractivity contribution in [1.29, 1.82) is 0 Å². The van der Waals surface area contributed by atoms with Crippen LogP contribution in [0.1, 0.15) is 15.9 Å². The summed E-state index contributed by atoms with van der Waals surface area (Å²) < 4.78 is 0. The van der Waals surface area contributed by atoms with Crippen molar-refractivity contribution in [3.05, 3.63) is 59.9 Å². The first kappa shape index (κ1) is 19.7. The molecule has 1 fully saturated rings. The van der Waals surface area contributed by atoms with Crippen molar-refractivity contribution >= 4 is 40.3 Å². The molecule has 0 aliphatic carbocycles. The number of benzene rings is 1. The molecule has 3 heterocycles. The Morgan fingerprint density at radius 1 is 1.17 bits per heavy atom. The molecule has 0 saturated carbocycles. The van der Waals surface area contributed by atoms with E-state index in [2.05, 4.69) is 32.1 Å². The predicted molar refractivity (Wildman–Crippen MR) is 118 cm³/mol. The number of fused-ring (bicyclic) bond motifs is 1. The van der Waals surface area contributed by atoms with Gasteiger partial charge < -0.3 is 25.8 Å². The maximum atomic E-state index is 12.7. The van der Waals surface area contributed by atoms with Crippen molar-refractivity contribution in [3.63, 3.8) is 0 Å². The number of carbonyl (C=O) groups is 2. The molecule has 1 saturated heterocycles. The van der Waals surface area contributed by atoms with Gasteiger partial charge in [-0.2, -0.15) is 0 Å². The lowest BCUT2D eigenvalue weighted by Gasteiger charge is -2.34. The molecule has 4 rings (SSSR count). The maximum Gasteiger partial charge on any atom is 0.255 e. The fraction of sp³-hybridized carbons (Fsp3) is 0.227. The van der Waals surface area contributed by atoms with Crippen LogP contribution < -0.4 is 16.0 Å². The second kappa shape index (κ2) is 8.38. The standard InChI is InChI=1S/C22H24N6O2/c1-27-8-10-28(11-9-27)18-5-2-15(3-6-18)22(30)26-17-12-19-16(4-7-20(23)29)13-24-21(19)25-14-17/h2-7,12-14H,8-11H2,1H3,(H2,23,29)(H,24,25)(H,26,30). The SMILES string of the molecule is CN1CCN(c2ccc(C(=O)Nc3cnc4[nH]cc(C=CC(N)=O)c4c3)cc2)CC1. The molecule has 8 heteroatoms. The van der Waals surface area contributed by atoms with E-state index in [1.165, 1.54) is 6.08 Å². The molecule has 2 aromatic heterocycles. The van der Waals surface area contributed by atoms with Gasteiger partial charge in [-0.1, -0.05) is 0 Å². The third-order valence-electron chi connectivity index (χ3n) is 5.25. The molecule has 0 bridgehead atoms. The zero-order valence-electron chi connectivity index (χ0n) is 16.8. The number of aromatic nitrogens is 2. The lowest BCUT2D eigenvalue weighted by molar-refractivity contribution is -0.113. The number of nitrogens with two attached hydrogens (primary N) is 1. The van der Waals surface area contributed by atoms with Gasteiger partial charge in [-0.15, -0.1) is 0 Å². The second-order valence-corrected chi connectivity index (χ2v) is 7.39. The quantitative estimate of drug-likeness (QED) is 0.564. The predicted octanol–water partition coefficient (Wildman–Crippen LogP) is 2.07. The molecule has 0 atom stereocenters. The molecule has 154 valence electrons. The Balaban J connectivity index is 1.47. The highest BCUT2D eigenvalue weighted by Gasteiger charge is 2.15. The van der Waals surface area contributed by atoms with Crippen LogP contribution in [0.15, 0.2) is 48.8 Å². The number of hydrogen-bond donors (Lipinski definition) is 3. The Hall–Kier alpha value is -3.65. The number of hydrogen-bond acceptors (Lipinski definition) is 5. The number of anilines is 2. The van der Waals surface area contributed by atoms with Crippen LogP contribution in [0, 0.1) is 0 Å². The van der Waals surface area contributed by atoms with Gasteiger partial charge in [0.25, 0.3) is 5.91 Å². The summed E-state index contributed by atoms with van der Waals surface area (Å²) in [6, 6.07) is 9.47. The average Bonchev–Trinajstić information content (AvgIpc) is 3.15. The fourth-order valence-corrected chi connectivity index (χ4v) is 3.49. The third-order valence-corrected chi connectivity index (χ3v) is 5.25.